The first-order chi connectivity index (χ1) is 6.11. The van der Waals surface area contributed by atoms with E-state index in [0.29, 0.717) is 6.42 Å². The van der Waals surface area contributed by atoms with Gasteiger partial charge in [0.2, 0.25) is 0 Å². The maximum Gasteiger partial charge on any atom is 0.306 e. The molecule has 0 fully saturated rings. The van der Waals surface area contributed by atoms with Crippen LogP contribution in [0, 0.1) is 5.92 Å². The molecular formula is C9H14N2O2. The highest BCUT2D eigenvalue weighted by Gasteiger charge is 2.11. The van der Waals surface area contributed by atoms with Crippen LogP contribution in [0.15, 0.2) is 12.4 Å². The van der Waals surface area contributed by atoms with Crippen molar-refractivity contribution in [2.75, 3.05) is 0 Å². The number of aromatic nitrogens is 2. The molecule has 0 radical (unpaired) electrons. The standard InChI is InChI=1S/C9H14N2O2/c1-7(9(12)13)3-4-8-10-5-6-11(8)2/h5-7H,3-4H2,1-2H3,(H,12,13). The second kappa shape index (κ2) is 4.07. The molecule has 1 unspecified atom stereocenters. The van der Waals surface area contributed by atoms with Gasteiger partial charge in [0, 0.05) is 25.9 Å². The predicted molar refractivity (Wildman–Crippen MR) is 48.3 cm³/mol. The highest BCUT2D eigenvalue weighted by molar-refractivity contribution is 5.69. The van der Waals surface area contributed by atoms with Gasteiger partial charge in [-0.1, -0.05) is 6.92 Å². The molecule has 0 saturated heterocycles. The van der Waals surface area contributed by atoms with Crippen LogP contribution in [0.25, 0.3) is 0 Å². The third-order valence-electron chi connectivity index (χ3n) is 2.14. The fraction of sp³-hybridized carbons (Fsp3) is 0.556. The highest BCUT2D eigenvalue weighted by Crippen LogP contribution is 2.07. The Morgan fingerprint density at radius 1 is 1.77 bits per heavy atom. The van der Waals surface area contributed by atoms with Crippen LogP contribution in [0.1, 0.15) is 19.2 Å². The van der Waals surface area contributed by atoms with Gasteiger partial charge in [0.15, 0.2) is 0 Å². The summed E-state index contributed by atoms with van der Waals surface area (Å²) in [5, 5.41) is 8.65. The molecule has 0 aliphatic heterocycles. The fourth-order valence-electron chi connectivity index (χ4n) is 1.11. The minimum Gasteiger partial charge on any atom is -0.481 e. The third-order valence-corrected chi connectivity index (χ3v) is 2.14. The van der Waals surface area contributed by atoms with E-state index in [1.54, 1.807) is 13.1 Å². The van der Waals surface area contributed by atoms with E-state index in [0.717, 1.165) is 12.2 Å². The van der Waals surface area contributed by atoms with Crippen molar-refractivity contribution in [2.24, 2.45) is 13.0 Å². The SMILES string of the molecule is CC(CCc1nccn1C)C(=O)O. The maximum atomic E-state index is 10.5. The van der Waals surface area contributed by atoms with Crippen LogP contribution in [0.4, 0.5) is 0 Å². The van der Waals surface area contributed by atoms with Gasteiger partial charge in [-0.3, -0.25) is 4.79 Å². The summed E-state index contributed by atoms with van der Waals surface area (Å²) in [5.41, 5.74) is 0. The van der Waals surface area contributed by atoms with E-state index in [2.05, 4.69) is 4.98 Å². The van der Waals surface area contributed by atoms with Crippen molar-refractivity contribution in [2.45, 2.75) is 19.8 Å². The molecule has 1 heterocycles. The molecule has 0 amide bonds. The van der Waals surface area contributed by atoms with Crippen LogP contribution in [-0.4, -0.2) is 20.6 Å². The van der Waals surface area contributed by atoms with Gasteiger partial charge in [-0.05, 0) is 6.42 Å². The van der Waals surface area contributed by atoms with Crippen molar-refractivity contribution >= 4 is 5.97 Å². The van der Waals surface area contributed by atoms with Crippen molar-refractivity contribution in [1.29, 1.82) is 0 Å². The zero-order chi connectivity index (χ0) is 9.84. The minimum absolute atomic E-state index is 0.295. The summed E-state index contributed by atoms with van der Waals surface area (Å²) < 4.78 is 1.91. The molecule has 0 aliphatic rings. The number of carbonyl (C=O) groups is 1. The summed E-state index contributed by atoms with van der Waals surface area (Å²) in [4.78, 5) is 14.6. The fourth-order valence-corrected chi connectivity index (χ4v) is 1.11. The molecule has 0 aromatic carbocycles. The summed E-state index contributed by atoms with van der Waals surface area (Å²) in [6, 6.07) is 0. The van der Waals surface area contributed by atoms with Crippen molar-refractivity contribution in [1.82, 2.24) is 9.55 Å². The van der Waals surface area contributed by atoms with Crippen LogP contribution in [0.5, 0.6) is 0 Å². The Balaban J connectivity index is 2.44. The van der Waals surface area contributed by atoms with Crippen molar-refractivity contribution < 1.29 is 9.90 Å². The number of carboxylic acids is 1. The van der Waals surface area contributed by atoms with Crippen molar-refractivity contribution in [3.05, 3.63) is 18.2 Å². The summed E-state index contributed by atoms with van der Waals surface area (Å²) in [6.07, 6.45) is 4.94. The molecule has 4 heteroatoms. The molecule has 1 aromatic heterocycles. The Hall–Kier alpha value is -1.32. The number of hydrogen-bond acceptors (Lipinski definition) is 2. The average molecular weight is 182 g/mol. The Morgan fingerprint density at radius 3 is 2.92 bits per heavy atom. The van der Waals surface area contributed by atoms with Crippen LogP contribution in [-0.2, 0) is 18.3 Å². The molecule has 1 N–H and O–H groups in total. The lowest BCUT2D eigenvalue weighted by Gasteiger charge is -2.05. The van der Waals surface area contributed by atoms with E-state index in [9.17, 15) is 4.79 Å². The number of carboxylic acid groups (broad SMARTS) is 1. The zero-order valence-corrected chi connectivity index (χ0v) is 7.90. The minimum atomic E-state index is -0.741. The van der Waals surface area contributed by atoms with Crippen molar-refractivity contribution in [3.8, 4) is 0 Å². The van der Waals surface area contributed by atoms with E-state index in [1.165, 1.54) is 0 Å². The molecule has 0 spiro atoms. The van der Waals surface area contributed by atoms with Crippen LogP contribution >= 0.6 is 0 Å². The van der Waals surface area contributed by atoms with Crippen LogP contribution < -0.4 is 0 Å². The number of aryl methyl sites for hydroxylation is 2. The zero-order valence-electron chi connectivity index (χ0n) is 7.90. The van der Waals surface area contributed by atoms with Crippen LogP contribution in [0.2, 0.25) is 0 Å². The van der Waals surface area contributed by atoms with Gasteiger partial charge in [0.1, 0.15) is 5.82 Å². The van der Waals surface area contributed by atoms with E-state index < -0.39 is 5.97 Å². The van der Waals surface area contributed by atoms with Gasteiger partial charge < -0.3 is 9.67 Å². The molecule has 1 aromatic rings. The molecule has 72 valence electrons. The summed E-state index contributed by atoms with van der Waals surface area (Å²) in [6.45, 7) is 1.71. The smallest absolute Gasteiger partial charge is 0.306 e. The second-order valence-electron chi connectivity index (χ2n) is 3.23. The van der Waals surface area contributed by atoms with Gasteiger partial charge in [-0.25, -0.2) is 4.98 Å². The number of nitrogens with zero attached hydrogens (tertiary/aromatic N) is 2. The molecular weight excluding hydrogens is 168 g/mol. The van der Waals surface area contributed by atoms with Gasteiger partial charge in [0.25, 0.3) is 0 Å². The molecule has 1 atom stereocenters. The van der Waals surface area contributed by atoms with Gasteiger partial charge in [-0.15, -0.1) is 0 Å². The molecule has 0 bridgehead atoms. The normalized spacial score (nSPS) is 12.8. The summed E-state index contributed by atoms with van der Waals surface area (Å²) in [7, 11) is 1.91. The van der Waals surface area contributed by atoms with E-state index >= 15 is 0 Å². The Bertz CT molecular complexity index is 294. The predicted octanol–water partition coefficient (Wildman–Crippen LogP) is 1.07. The monoisotopic (exact) mass is 182 g/mol. The first-order valence-corrected chi connectivity index (χ1v) is 4.30. The number of imidazole rings is 1. The highest BCUT2D eigenvalue weighted by atomic mass is 16.4. The number of hydrogen-bond donors (Lipinski definition) is 1. The molecule has 1 rings (SSSR count). The Kier molecular flexibility index (Phi) is 3.06. The average Bonchev–Trinajstić information content (AvgIpc) is 2.47. The Labute approximate surface area is 77.2 Å². The maximum absolute atomic E-state index is 10.5. The molecule has 0 aliphatic carbocycles. The Morgan fingerprint density at radius 2 is 2.46 bits per heavy atom. The van der Waals surface area contributed by atoms with E-state index in [4.69, 9.17) is 5.11 Å². The van der Waals surface area contributed by atoms with E-state index in [1.807, 2.05) is 17.8 Å². The van der Waals surface area contributed by atoms with Gasteiger partial charge in [0.05, 0.1) is 5.92 Å². The largest absolute Gasteiger partial charge is 0.481 e. The van der Waals surface area contributed by atoms with Gasteiger partial charge in [-0.2, -0.15) is 0 Å². The lowest BCUT2D eigenvalue weighted by Crippen LogP contribution is -2.11. The first kappa shape index (κ1) is 9.77. The summed E-state index contributed by atoms with van der Waals surface area (Å²) in [5.74, 6) is -0.0981. The lowest BCUT2D eigenvalue weighted by molar-refractivity contribution is -0.141. The molecule has 4 nitrogen and oxygen atoms in total. The summed E-state index contributed by atoms with van der Waals surface area (Å²) >= 11 is 0. The lowest BCUT2D eigenvalue weighted by atomic mass is 10.1. The van der Waals surface area contributed by atoms with E-state index in [-0.39, 0.29) is 5.92 Å². The molecule has 0 saturated carbocycles. The number of aliphatic carboxylic acids is 1. The van der Waals surface area contributed by atoms with Gasteiger partial charge >= 0.3 is 5.97 Å². The first-order valence-electron chi connectivity index (χ1n) is 4.30. The molecule has 13 heavy (non-hydrogen) atoms. The van der Waals surface area contributed by atoms with Crippen LogP contribution in [0.3, 0.4) is 0 Å². The quantitative estimate of drug-likeness (QED) is 0.757. The number of rotatable bonds is 4. The topological polar surface area (TPSA) is 55.1 Å². The second-order valence-corrected chi connectivity index (χ2v) is 3.23. The van der Waals surface area contributed by atoms with Crippen molar-refractivity contribution in [3.63, 3.8) is 0 Å². The third kappa shape index (κ3) is 2.57.